The molecule has 0 unspecified atom stereocenters. The van der Waals surface area contributed by atoms with E-state index < -0.39 is 10.7 Å². The summed E-state index contributed by atoms with van der Waals surface area (Å²) in [5, 5.41) is 16.3. The third-order valence-corrected chi connectivity index (χ3v) is 3.19. The highest BCUT2D eigenvalue weighted by Crippen LogP contribution is 2.22. The van der Waals surface area contributed by atoms with Gasteiger partial charge in [-0.15, -0.1) is 0 Å². The first-order chi connectivity index (χ1) is 9.95. The van der Waals surface area contributed by atoms with Crippen molar-refractivity contribution in [1.82, 2.24) is 0 Å². The first-order valence-electron chi connectivity index (χ1n) is 5.73. The number of nitro groups is 1. The predicted molar refractivity (Wildman–Crippen MR) is 87.0 cm³/mol. The van der Waals surface area contributed by atoms with Crippen LogP contribution < -0.4 is 10.6 Å². The number of halogens is 2. The standard InChI is InChI=1S/C13H9BrFN3O2S/c14-8-2-1-3-9(6-8)16-13(21)17-12-7-10(18(19)20)4-5-11(12)15/h1-7H,(H2,16,17,21). The van der Waals surface area contributed by atoms with Crippen LogP contribution in [0.25, 0.3) is 0 Å². The Kier molecular flexibility index (Phi) is 4.81. The van der Waals surface area contributed by atoms with Crippen molar-refractivity contribution in [1.29, 1.82) is 0 Å². The number of nitrogens with zero attached hydrogens (tertiary/aromatic N) is 1. The summed E-state index contributed by atoms with van der Waals surface area (Å²) in [6.07, 6.45) is 0. The van der Waals surface area contributed by atoms with Crippen LogP contribution in [0.4, 0.5) is 21.5 Å². The fourth-order valence-corrected chi connectivity index (χ4v) is 2.20. The quantitative estimate of drug-likeness (QED) is 0.479. The van der Waals surface area contributed by atoms with Gasteiger partial charge in [-0.1, -0.05) is 22.0 Å². The Balaban J connectivity index is 2.12. The van der Waals surface area contributed by atoms with Gasteiger partial charge in [0.1, 0.15) is 5.82 Å². The predicted octanol–water partition coefficient (Wildman–Crippen LogP) is 4.31. The van der Waals surface area contributed by atoms with Gasteiger partial charge in [-0.05, 0) is 36.5 Å². The van der Waals surface area contributed by atoms with Gasteiger partial charge in [-0.3, -0.25) is 10.1 Å². The Hall–Kier alpha value is -2.06. The Morgan fingerprint density at radius 3 is 2.67 bits per heavy atom. The maximum Gasteiger partial charge on any atom is 0.271 e. The minimum atomic E-state index is -0.626. The van der Waals surface area contributed by atoms with Crippen molar-refractivity contribution in [3.8, 4) is 0 Å². The SMILES string of the molecule is O=[N+]([O-])c1ccc(F)c(NC(=S)Nc2cccc(Br)c2)c1. The monoisotopic (exact) mass is 369 g/mol. The van der Waals surface area contributed by atoms with Crippen molar-refractivity contribution in [2.45, 2.75) is 0 Å². The van der Waals surface area contributed by atoms with Gasteiger partial charge in [-0.25, -0.2) is 4.39 Å². The van der Waals surface area contributed by atoms with Crippen molar-refractivity contribution in [3.63, 3.8) is 0 Å². The Morgan fingerprint density at radius 2 is 2.00 bits per heavy atom. The van der Waals surface area contributed by atoms with Crippen LogP contribution in [0.3, 0.4) is 0 Å². The van der Waals surface area contributed by atoms with E-state index >= 15 is 0 Å². The second-order valence-corrected chi connectivity index (χ2v) is 5.33. The fourth-order valence-electron chi connectivity index (χ4n) is 1.57. The van der Waals surface area contributed by atoms with Crippen molar-refractivity contribution in [3.05, 3.63) is 62.9 Å². The van der Waals surface area contributed by atoms with E-state index in [1.54, 1.807) is 12.1 Å². The second kappa shape index (κ2) is 6.59. The number of thiocarbonyl (C=S) groups is 1. The maximum atomic E-state index is 13.6. The number of anilines is 2. The molecule has 0 aromatic heterocycles. The maximum absolute atomic E-state index is 13.6. The molecule has 2 N–H and O–H groups in total. The van der Waals surface area contributed by atoms with Crippen LogP contribution in [0, 0.1) is 15.9 Å². The molecule has 5 nitrogen and oxygen atoms in total. The number of nitrogens with one attached hydrogen (secondary N) is 2. The van der Waals surface area contributed by atoms with Crippen molar-refractivity contribution < 1.29 is 9.31 Å². The minimum absolute atomic E-state index is 0.0586. The number of hydrogen-bond donors (Lipinski definition) is 2. The zero-order valence-electron chi connectivity index (χ0n) is 10.5. The lowest BCUT2D eigenvalue weighted by Crippen LogP contribution is -2.19. The van der Waals surface area contributed by atoms with Gasteiger partial charge in [0, 0.05) is 22.3 Å². The molecule has 0 saturated heterocycles. The van der Waals surface area contributed by atoms with E-state index in [0.717, 1.165) is 22.7 Å². The molecule has 2 rings (SSSR count). The summed E-state index contributed by atoms with van der Waals surface area (Å²) in [5.41, 5.74) is 0.425. The molecule has 0 saturated carbocycles. The van der Waals surface area contributed by atoms with Gasteiger partial charge in [0.2, 0.25) is 0 Å². The van der Waals surface area contributed by atoms with Crippen LogP contribution in [-0.2, 0) is 0 Å². The summed E-state index contributed by atoms with van der Waals surface area (Å²) in [6.45, 7) is 0. The molecule has 2 aromatic carbocycles. The van der Waals surface area contributed by atoms with E-state index in [9.17, 15) is 14.5 Å². The van der Waals surface area contributed by atoms with Crippen molar-refractivity contribution >= 4 is 50.3 Å². The van der Waals surface area contributed by atoms with Crippen molar-refractivity contribution in [2.75, 3.05) is 10.6 Å². The number of hydrogen-bond acceptors (Lipinski definition) is 3. The molecule has 0 amide bonds. The van der Waals surface area contributed by atoms with E-state index in [1.807, 2.05) is 12.1 Å². The van der Waals surface area contributed by atoms with Gasteiger partial charge >= 0.3 is 0 Å². The average molecular weight is 370 g/mol. The zero-order chi connectivity index (χ0) is 15.4. The molecule has 0 heterocycles. The molecule has 108 valence electrons. The second-order valence-electron chi connectivity index (χ2n) is 4.01. The number of non-ortho nitro benzene ring substituents is 1. The molecule has 0 bridgehead atoms. The summed E-state index contributed by atoms with van der Waals surface area (Å²) in [6, 6.07) is 10.4. The van der Waals surface area contributed by atoms with Crippen molar-refractivity contribution in [2.24, 2.45) is 0 Å². The highest BCUT2D eigenvalue weighted by molar-refractivity contribution is 9.10. The number of rotatable bonds is 3. The van der Waals surface area contributed by atoms with E-state index in [1.165, 1.54) is 0 Å². The smallest absolute Gasteiger partial charge is 0.271 e. The Bertz CT molecular complexity index is 712. The average Bonchev–Trinajstić information content (AvgIpc) is 2.41. The third kappa shape index (κ3) is 4.20. The fraction of sp³-hybridized carbons (Fsp3) is 0. The van der Waals surface area contributed by atoms with Gasteiger partial charge < -0.3 is 10.6 Å². The molecule has 0 aliphatic rings. The molecule has 0 fully saturated rings. The molecule has 0 atom stereocenters. The lowest BCUT2D eigenvalue weighted by Gasteiger charge is -2.11. The van der Waals surface area contributed by atoms with E-state index in [2.05, 4.69) is 26.6 Å². The topological polar surface area (TPSA) is 67.2 Å². The van der Waals surface area contributed by atoms with Gasteiger partial charge in [-0.2, -0.15) is 0 Å². The minimum Gasteiger partial charge on any atom is -0.332 e. The molecule has 2 aromatic rings. The molecule has 21 heavy (non-hydrogen) atoms. The third-order valence-electron chi connectivity index (χ3n) is 2.49. The summed E-state index contributed by atoms with van der Waals surface area (Å²) >= 11 is 8.37. The molecule has 0 aliphatic carbocycles. The van der Waals surface area contributed by atoms with Crippen LogP contribution in [0.15, 0.2) is 46.9 Å². The van der Waals surface area contributed by atoms with Crippen LogP contribution in [0.1, 0.15) is 0 Å². The number of benzene rings is 2. The van der Waals surface area contributed by atoms with Crippen LogP contribution >= 0.6 is 28.1 Å². The summed E-state index contributed by atoms with van der Waals surface area (Å²) in [4.78, 5) is 10.1. The molecule has 0 aliphatic heterocycles. The van der Waals surface area contributed by atoms with Gasteiger partial charge in [0.05, 0.1) is 10.6 Å². The Morgan fingerprint density at radius 1 is 1.24 bits per heavy atom. The largest absolute Gasteiger partial charge is 0.332 e. The molecule has 8 heteroatoms. The summed E-state index contributed by atoms with van der Waals surface area (Å²) < 4.78 is 14.5. The zero-order valence-corrected chi connectivity index (χ0v) is 12.9. The lowest BCUT2D eigenvalue weighted by atomic mass is 10.2. The number of nitro benzene ring substituents is 1. The highest BCUT2D eigenvalue weighted by Gasteiger charge is 2.11. The summed E-state index contributed by atoms with van der Waals surface area (Å²) in [5.74, 6) is -0.626. The van der Waals surface area contributed by atoms with Crippen LogP contribution in [-0.4, -0.2) is 10.0 Å². The molecular formula is C13H9BrFN3O2S. The highest BCUT2D eigenvalue weighted by atomic mass is 79.9. The van der Waals surface area contributed by atoms with E-state index in [0.29, 0.717) is 5.69 Å². The summed E-state index contributed by atoms with van der Waals surface area (Å²) in [7, 11) is 0. The molecule has 0 spiro atoms. The first-order valence-corrected chi connectivity index (χ1v) is 6.93. The molecule has 0 radical (unpaired) electrons. The van der Waals surface area contributed by atoms with Crippen LogP contribution in [0.2, 0.25) is 0 Å². The normalized spacial score (nSPS) is 10.0. The van der Waals surface area contributed by atoms with Gasteiger partial charge in [0.15, 0.2) is 5.11 Å². The van der Waals surface area contributed by atoms with Crippen LogP contribution in [0.5, 0.6) is 0 Å². The Labute approximate surface area is 133 Å². The lowest BCUT2D eigenvalue weighted by molar-refractivity contribution is -0.384. The van der Waals surface area contributed by atoms with E-state index in [4.69, 9.17) is 12.2 Å². The van der Waals surface area contributed by atoms with E-state index in [-0.39, 0.29) is 16.5 Å². The first kappa shape index (κ1) is 15.3. The van der Waals surface area contributed by atoms with Gasteiger partial charge in [0.25, 0.3) is 5.69 Å². The molecular weight excluding hydrogens is 361 g/mol.